The summed E-state index contributed by atoms with van der Waals surface area (Å²) >= 11 is 0. The van der Waals surface area contributed by atoms with Gasteiger partial charge in [-0.2, -0.15) is 0 Å². The fourth-order valence-corrected chi connectivity index (χ4v) is 1.71. The molecule has 1 atom stereocenters. The van der Waals surface area contributed by atoms with Crippen LogP contribution in [0.2, 0.25) is 0 Å². The van der Waals surface area contributed by atoms with E-state index in [1.807, 2.05) is 13.0 Å². The van der Waals surface area contributed by atoms with Crippen LogP contribution in [0.15, 0.2) is 42.5 Å². The molecule has 16 heavy (non-hydrogen) atoms. The van der Waals surface area contributed by atoms with Crippen LogP contribution in [0.4, 0.5) is 0 Å². The highest BCUT2D eigenvalue weighted by Gasteiger charge is 1.99. The standard InChI is InChI=1S/C14H17NO/c1-11(10-16)15-9-12-6-7-13-4-2-3-5-14(13)8-12/h2-8,11,15-16H,9-10H2,1H3. The largest absolute Gasteiger partial charge is 0.395 e. The van der Waals surface area contributed by atoms with E-state index in [1.54, 1.807) is 0 Å². The molecule has 2 N–H and O–H groups in total. The van der Waals surface area contributed by atoms with Crippen molar-refractivity contribution in [1.82, 2.24) is 5.32 Å². The number of fused-ring (bicyclic) bond motifs is 1. The highest BCUT2D eigenvalue weighted by molar-refractivity contribution is 5.82. The van der Waals surface area contributed by atoms with Gasteiger partial charge in [0, 0.05) is 12.6 Å². The predicted molar refractivity (Wildman–Crippen MR) is 67.3 cm³/mol. The Morgan fingerprint density at radius 1 is 1.12 bits per heavy atom. The molecule has 0 aliphatic rings. The molecule has 2 nitrogen and oxygen atoms in total. The number of hydrogen-bond donors (Lipinski definition) is 2. The van der Waals surface area contributed by atoms with Gasteiger partial charge in [-0.05, 0) is 29.3 Å². The fraction of sp³-hybridized carbons (Fsp3) is 0.286. The molecule has 0 fully saturated rings. The molecule has 84 valence electrons. The molecule has 2 aromatic carbocycles. The third-order valence-corrected chi connectivity index (χ3v) is 2.74. The van der Waals surface area contributed by atoms with Crippen molar-refractivity contribution in [2.45, 2.75) is 19.5 Å². The molecule has 0 aliphatic carbocycles. The van der Waals surface area contributed by atoms with Gasteiger partial charge in [0.15, 0.2) is 0 Å². The Hall–Kier alpha value is -1.38. The van der Waals surface area contributed by atoms with Crippen molar-refractivity contribution in [2.75, 3.05) is 6.61 Å². The van der Waals surface area contributed by atoms with Crippen molar-refractivity contribution in [1.29, 1.82) is 0 Å². The zero-order valence-corrected chi connectivity index (χ0v) is 9.48. The number of aliphatic hydroxyl groups is 1. The molecular weight excluding hydrogens is 198 g/mol. The SMILES string of the molecule is CC(CO)NCc1ccc2ccccc2c1. The number of rotatable bonds is 4. The van der Waals surface area contributed by atoms with E-state index < -0.39 is 0 Å². The molecule has 0 bridgehead atoms. The first kappa shape index (κ1) is 11.1. The summed E-state index contributed by atoms with van der Waals surface area (Å²) in [5.74, 6) is 0. The van der Waals surface area contributed by atoms with Gasteiger partial charge in [-0.3, -0.25) is 0 Å². The van der Waals surface area contributed by atoms with Gasteiger partial charge < -0.3 is 10.4 Å². The first-order chi connectivity index (χ1) is 7.79. The van der Waals surface area contributed by atoms with E-state index in [0.29, 0.717) is 0 Å². The highest BCUT2D eigenvalue weighted by Crippen LogP contribution is 2.15. The molecule has 0 amide bonds. The Morgan fingerprint density at radius 3 is 2.62 bits per heavy atom. The molecule has 2 aromatic rings. The molecule has 0 spiro atoms. The molecule has 0 aromatic heterocycles. The Bertz CT molecular complexity index is 467. The smallest absolute Gasteiger partial charge is 0.0582 e. The molecule has 0 heterocycles. The van der Waals surface area contributed by atoms with Crippen molar-refractivity contribution in [2.24, 2.45) is 0 Å². The quantitative estimate of drug-likeness (QED) is 0.820. The van der Waals surface area contributed by atoms with Crippen LogP contribution >= 0.6 is 0 Å². The number of nitrogens with one attached hydrogen (secondary N) is 1. The molecule has 0 radical (unpaired) electrons. The summed E-state index contributed by atoms with van der Waals surface area (Å²) in [4.78, 5) is 0. The maximum absolute atomic E-state index is 8.92. The lowest BCUT2D eigenvalue weighted by Gasteiger charge is -2.10. The van der Waals surface area contributed by atoms with Gasteiger partial charge in [-0.25, -0.2) is 0 Å². The summed E-state index contributed by atoms with van der Waals surface area (Å²) in [6, 6.07) is 14.9. The van der Waals surface area contributed by atoms with Gasteiger partial charge in [-0.1, -0.05) is 36.4 Å². The highest BCUT2D eigenvalue weighted by atomic mass is 16.3. The average Bonchev–Trinajstić information content (AvgIpc) is 2.35. The topological polar surface area (TPSA) is 32.3 Å². The lowest BCUT2D eigenvalue weighted by molar-refractivity contribution is 0.251. The van der Waals surface area contributed by atoms with Crippen molar-refractivity contribution in [3.63, 3.8) is 0 Å². The van der Waals surface area contributed by atoms with Crippen LogP contribution in [0.1, 0.15) is 12.5 Å². The minimum Gasteiger partial charge on any atom is -0.395 e. The van der Waals surface area contributed by atoms with Crippen LogP contribution in [-0.2, 0) is 6.54 Å². The molecule has 0 saturated carbocycles. The van der Waals surface area contributed by atoms with Gasteiger partial charge >= 0.3 is 0 Å². The summed E-state index contributed by atoms with van der Waals surface area (Å²) in [6.07, 6.45) is 0. The minimum atomic E-state index is 0.145. The van der Waals surface area contributed by atoms with E-state index in [1.165, 1.54) is 16.3 Å². The lowest BCUT2D eigenvalue weighted by atomic mass is 10.1. The zero-order chi connectivity index (χ0) is 11.4. The maximum atomic E-state index is 8.92. The molecule has 2 heteroatoms. The zero-order valence-electron chi connectivity index (χ0n) is 9.48. The first-order valence-corrected chi connectivity index (χ1v) is 5.61. The van der Waals surface area contributed by atoms with E-state index in [9.17, 15) is 0 Å². The number of benzene rings is 2. The van der Waals surface area contributed by atoms with Crippen molar-refractivity contribution < 1.29 is 5.11 Å². The van der Waals surface area contributed by atoms with Crippen molar-refractivity contribution in [3.05, 3.63) is 48.0 Å². The molecular formula is C14H17NO. The second-order valence-electron chi connectivity index (χ2n) is 4.15. The normalized spacial score (nSPS) is 12.9. The second-order valence-corrected chi connectivity index (χ2v) is 4.15. The van der Waals surface area contributed by atoms with Crippen molar-refractivity contribution >= 4 is 10.8 Å². The van der Waals surface area contributed by atoms with Gasteiger partial charge in [0.1, 0.15) is 0 Å². The number of aliphatic hydroxyl groups excluding tert-OH is 1. The summed E-state index contributed by atoms with van der Waals surface area (Å²) in [5.41, 5.74) is 1.25. The molecule has 2 rings (SSSR count). The minimum absolute atomic E-state index is 0.145. The maximum Gasteiger partial charge on any atom is 0.0582 e. The predicted octanol–water partition coefficient (Wildman–Crippen LogP) is 2.31. The Balaban J connectivity index is 2.13. The fourth-order valence-electron chi connectivity index (χ4n) is 1.71. The molecule has 0 aliphatic heterocycles. The number of hydrogen-bond acceptors (Lipinski definition) is 2. The van der Waals surface area contributed by atoms with E-state index in [-0.39, 0.29) is 12.6 Å². The van der Waals surface area contributed by atoms with Crippen LogP contribution in [-0.4, -0.2) is 17.8 Å². The Labute approximate surface area is 95.9 Å². The third-order valence-electron chi connectivity index (χ3n) is 2.74. The van der Waals surface area contributed by atoms with Gasteiger partial charge in [0.05, 0.1) is 6.61 Å². The van der Waals surface area contributed by atoms with E-state index in [0.717, 1.165) is 6.54 Å². The lowest BCUT2D eigenvalue weighted by Crippen LogP contribution is -2.28. The van der Waals surface area contributed by atoms with E-state index in [2.05, 4.69) is 41.7 Å². The Kier molecular flexibility index (Phi) is 3.54. The summed E-state index contributed by atoms with van der Waals surface area (Å²) in [5, 5.41) is 14.7. The summed E-state index contributed by atoms with van der Waals surface area (Å²) in [7, 11) is 0. The summed E-state index contributed by atoms with van der Waals surface area (Å²) in [6.45, 7) is 2.95. The van der Waals surface area contributed by atoms with E-state index >= 15 is 0 Å². The van der Waals surface area contributed by atoms with Gasteiger partial charge in [0.25, 0.3) is 0 Å². The van der Waals surface area contributed by atoms with Crippen LogP contribution in [0.5, 0.6) is 0 Å². The van der Waals surface area contributed by atoms with Crippen LogP contribution in [0.3, 0.4) is 0 Å². The van der Waals surface area contributed by atoms with Gasteiger partial charge in [-0.15, -0.1) is 0 Å². The van der Waals surface area contributed by atoms with Gasteiger partial charge in [0.2, 0.25) is 0 Å². The monoisotopic (exact) mass is 215 g/mol. The van der Waals surface area contributed by atoms with Crippen molar-refractivity contribution in [3.8, 4) is 0 Å². The van der Waals surface area contributed by atoms with Crippen LogP contribution < -0.4 is 5.32 Å². The van der Waals surface area contributed by atoms with E-state index in [4.69, 9.17) is 5.11 Å². The third kappa shape index (κ3) is 2.60. The van der Waals surface area contributed by atoms with Crippen LogP contribution in [0, 0.1) is 0 Å². The molecule has 1 unspecified atom stereocenters. The first-order valence-electron chi connectivity index (χ1n) is 5.61. The Morgan fingerprint density at radius 2 is 1.88 bits per heavy atom. The van der Waals surface area contributed by atoms with Crippen LogP contribution in [0.25, 0.3) is 10.8 Å². The second kappa shape index (κ2) is 5.10. The average molecular weight is 215 g/mol. The molecule has 0 saturated heterocycles. The summed E-state index contributed by atoms with van der Waals surface area (Å²) < 4.78 is 0.